The molecule has 122 valence electrons. The van der Waals surface area contributed by atoms with Gasteiger partial charge in [-0.3, -0.25) is 4.79 Å². The van der Waals surface area contributed by atoms with Crippen molar-refractivity contribution in [3.05, 3.63) is 29.8 Å². The van der Waals surface area contributed by atoms with Crippen LogP contribution in [0.2, 0.25) is 0 Å². The Kier molecular flexibility index (Phi) is 6.69. The van der Waals surface area contributed by atoms with Gasteiger partial charge in [-0.2, -0.15) is 0 Å². The highest BCUT2D eigenvalue weighted by Crippen LogP contribution is 2.20. The SMILES string of the molecule is CCC(NC(=O)N(C)CC(C)C(=O)O)c1ccc(OC)cc1. The zero-order valence-corrected chi connectivity index (χ0v) is 13.5. The van der Waals surface area contributed by atoms with E-state index in [1.54, 1.807) is 21.1 Å². The van der Waals surface area contributed by atoms with E-state index < -0.39 is 11.9 Å². The van der Waals surface area contributed by atoms with Gasteiger partial charge in [-0.15, -0.1) is 0 Å². The maximum Gasteiger partial charge on any atom is 0.317 e. The number of hydrogen-bond acceptors (Lipinski definition) is 3. The molecular formula is C16H24N2O4. The highest BCUT2D eigenvalue weighted by Gasteiger charge is 2.20. The maximum absolute atomic E-state index is 12.2. The van der Waals surface area contributed by atoms with E-state index in [4.69, 9.17) is 9.84 Å². The van der Waals surface area contributed by atoms with Crippen LogP contribution in [0.1, 0.15) is 31.9 Å². The number of hydrogen-bond donors (Lipinski definition) is 2. The first-order chi connectivity index (χ1) is 10.4. The smallest absolute Gasteiger partial charge is 0.317 e. The van der Waals surface area contributed by atoms with Gasteiger partial charge < -0.3 is 20.1 Å². The van der Waals surface area contributed by atoms with Gasteiger partial charge in [0, 0.05) is 13.6 Å². The minimum absolute atomic E-state index is 0.124. The number of carbonyl (C=O) groups excluding carboxylic acids is 1. The van der Waals surface area contributed by atoms with Crippen LogP contribution in [0.25, 0.3) is 0 Å². The minimum Gasteiger partial charge on any atom is -0.497 e. The third-order valence-corrected chi connectivity index (χ3v) is 3.54. The van der Waals surface area contributed by atoms with Crippen LogP contribution in [0.15, 0.2) is 24.3 Å². The number of aliphatic carboxylic acids is 1. The molecule has 2 amide bonds. The minimum atomic E-state index is -0.915. The Hall–Kier alpha value is -2.24. The quantitative estimate of drug-likeness (QED) is 0.811. The molecule has 2 N–H and O–H groups in total. The first kappa shape index (κ1) is 17.8. The average Bonchev–Trinajstić information content (AvgIpc) is 2.52. The Morgan fingerprint density at radius 1 is 1.32 bits per heavy atom. The molecule has 1 aromatic carbocycles. The van der Waals surface area contributed by atoms with Crippen LogP contribution in [0.5, 0.6) is 5.75 Å². The molecule has 0 saturated heterocycles. The van der Waals surface area contributed by atoms with Gasteiger partial charge in [0.1, 0.15) is 5.75 Å². The standard InChI is InChI=1S/C16H24N2O4/c1-5-14(12-6-8-13(22-4)9-7-12)17-16(21)18(3)10-11(2)15(19)20/h6-9,11,14H,5,10H2,1-4H3,(H,17,21)(H,19,20). The van der Waals surface area contributed by atoms with Gasteiger partial charge in [0.15, 0.2) is 0 Å². The van der Waals surface area contributed by atoms with E-state index in [1.165, 1.54) is 4.90 Å². The Morgan fingerprint density at radius 2 is 1.91 bits per heavy atom. The molecule has 6 nitrogen and oxygen atoms in total. The van der Waals surface area contributed by atoms with Gasteiger partial charge in [0.05, 0.1) is 19.1 Å². The second-order valence-electron chi connectivity index (χ2n) is 5.30. The molecule has 1 rings (SSSR count). The monoisotopic (exact) mass is 308 g/mol. The third kappa shape index (κ3) is 4.95. The van der Waals surface area contributed by atoms with E-state index in [0.717, 1.165) is 17.7 Å². The summed E-state index contributed by atoms with van der Waals surface area (Å²) in [7, 11) is 3.20. The molecule has 0 aromatic heterocycles. The summed E-state index contributed by atoms with van der Waals surface area (Å²) < 4.78 is 5.12. The van der Waals surface area contributed by atoms with Gasteiger partial charge in [-0.05, 0) is 24.1 Å². The van der Waals surface area contributed by atoms with Crippen molar-refractivity contribution in [2.24, 2.45) is 5.92 Å². The van der Waals surface area contributed by atoms with Gasteiger partial charge in [-0.1, -0.05) is 26.0 Å². The summed E-state index contributed by atoms with van der Waals surface area (Å²) in [6.45, 7) is 3.72. The Bertz CT molecular complexity index is 501. The van der Waals surface area contributed by atoms with Crippen LogP contribution in [0.4, 0.5) is 4.79 Å². The number of amides is 2. The third-order valence-electron chi connectivity index (χ3n) is 3.54. The lowest BCUT2D eigenvalue weighted by Crippen LogP contribution is -2.42. The van der Waals surface area contributed by atoms with E-state index in [2.05, 4.69) is 5.32 Å². The molecule has 0 saturated carbocycles. The van der Waals surface area contributed by atoms with Crippen LogP contribution in [0, 0.1) is 5.92 Å². The largest absolute Gasteiger partial charge is 0.497 e. The first-order valence-electron chi connectivity index (χ1n) is 7.27. The lowest BCUT2D eigenvalue weighted by Gasteiger charge is -2.24. The lowest BCUT2D eigenvalue weighted by molar-refractivity contribution is -0.141. The topological polar surface area (TPSA) is 78.9 Å². The summed E-state index contributed by atoms with van der Waals surface area (Å²) in [5, 5.41) is 11.8. The van der Waals surface area contributed by atoms with E-state index >= 15 is 0 Å². The van der Waals surface area contributed by atoms with Crippen molar-refractivity contribution in [1.82, 2.24) is 10.2 Å². The highest BCUT2D eigenvalue weighted by molar-refractivity contribution is 5.76. The van der Waals surface area contributed by atoms with Gasteiger partial charge >= 0.3 is 12.0 Å². The number of carbonyl (C=O) groups is 2. The second kappa shape index (κ2) is 8.26. The molecular weight excluding hydrogens is 284 g/mol. The van der Waals surface area contributed by atoms with Crippen LogP contribution in [-0.4, -0.2) is 42.7 Å². The summed E-state index contributed by atoms with van der Waals surface area (Å²) in [6.07, 6.45) is 0.737. The highest BCUT2D eigenvalue weighted by atomic mass is 16.5. The summed E-state index contributed by atoms with van der Waals surface area (Å²) in [6, 6.07) is 7.11. The molecule has 0 spiro atoms. The number of urea groups is 1. The predicted molar refractivity (Wildman–Crippen MR) is 84.0 cm³/mol. The van der Waals surface area contributed by atoms with E-state index in [9.17, 15) is 9.59 Å². The van der Waals surface area contributed by atoms with Crippen molar-refractivity contribution in [3.8, 4) is 5.75 Å². The fourth-order valence-corrected chi connectivity index (χ4v) is 2.09. The van der Waals surface area contributed by atoms with Gasteiger partial charge in [0.25, 0.3) is 0 Å². The normalized spacial score (nSPS) is 13.1. The van der Waals surface area contributed by atoms with E-state index in [0.29, 0.717) is 0 Å². The molecule has 0 aliphatic rings. The summed E-state index contributed by atoms with van der Waals surface area (Å²) >= 11 is 0. The van der Waals surface area contributed by atoms with Crippen LogP contribution in [0.3, 0.4) is 0 Å². The molecule has 6 heteroatoms. The van der Waals surface area contributed by atoms with Crippen LogP contribution >= 0.6 is 0 Å². The molecule has 0 radical (unpaired) electrons. The number of carboxylic acid groups (broad SMARTS) is 1. The van der Waals surface area contributed by atoms with Crippen molar-refractivity contribution < 1.29 is 19.4 Å². The van der Waals surface area contributed by atoms with Crippen molar-refractivity contribution in [3.63, 3.8) is 0 Å². The van der Waals surface area contributed by atoms with Gasteiger partial charge in [0.2, 0.25) is 0 Å². The first-order valence-corrected chi connectivity index (χ1v) is 7.27. The predicted octanol–water partition coefficient (Wildman–Crippen LogP) is 2.51. The van der Waals surface area contributed by atoms with Gasteiger partial charge in [-0.25, -0.2) is 4.79 Å². The summed E-state index contributed by atoms with van der Waals surface area (Å²) in [5.41, 5.74) is 0.983. The van der Waals surface area contributed by atoms with Crippen molar-refractivity contribution in [2.75, 3.05) is 20.7 Å². The number of rotatable bonds is 7. The number of nitrogens with one attached hydrogen (secondary N) is 1. The molecule has 1 aromatic rings. The number of nitrogens with zero attached hydrogens (tertiary/aromatic N) is 1. The number of ether oxygens (including phenoxy) is 1. The summed E-state index contributed by atoms with van der Waals surface area (Å²) in [4.78, 5) is 24.4. The van der Waals surface area contributed by atoms with Crippen LogP contribution in [-0.2, 0) is 4.79 Å². The molecule has 2 atom stereocenters. The number of benzene rings is 1. The molecule has 0 bridgehead atoms. The molecule has 0 aliphatic carbocycles. The zero-order chi connectivity index (χ0) is 16.7. The molecule has 0 fully saturated rings. The number of carboxylic acids is 1. The van der Waals surface area contributed by atoms with Crippen LogP contribution < -0.4 is 10.1 Å². The van der Waals surface area contributed by atoms with Crippen molar-refractivity contribution >= 4 is 12.0 Å². The zero-order valence-electron chi connectivity index (χ0n) is 13.5. The van der Waals surface area contributed by atoms with Crippen molar-refractivity contribution in [2.45, 2.75) is 26.3 Å². The number of methoxy groups -OCH3 is 1. The summed E-state index contributed by atoms with van der Waals surface area (Å²) in [5.74, 6) is -0.754. The Morgan fingerprint density at radius 3 is 2.36 bits per heavy atom. The fourth-order valence-electron chi connectivity index (χ4n) is 2.09. The molecule has 22 heavy (non-hydrogen) atoms. The lowest BCUT2D eigenvalue weighted by atomic mass is 10.0. The Labute approximate surface area is 131 Å². The molecule has 0 heterocycles. The second-order valence-corrected chi connectivity index (χ2v) is 5.30. The van der Waals surface area contributed by atoms with E-state index in [1.807, 2.05) is 31.2 Å². The molecule has 2 unspecified atom stereocenters. The average molecular weight is 308 g/mol. The fraction of sp³-hybridized carbons (Fsp3) is 0.500. The maximum atomic E-state index is 12.2. The molecule has 0 aliphatic heterocycles. The van der Waals surface area contributed by atoms with Crippen molar-refractivity contribution in [1.29, 1.82) is 0 Å². The van der Waals surface area contributed by atoms with E-state index in [-0.39, 0.29) is 18.6 Å². The Balaban J connectivity index is 2.67.